The summed E-state index contributed by atoms with van der Waals surface area (Å²) in [5.41, 5.74) is 7.84. The lowest BCUT2D eigenvalue weighted by Crippen LogP contribution is -2.45. The molecule has 2 aromatic rings. The number of nitrogens with one attached hydrogen (secondary N) is 2. The van der Waals surface area contributed by atoms with Gasteiger partial charge >= 0.3 is 12.1 Å². The molecule has 0 aromatic heterocycles. The first-order valence-electron chi connectivity index (χ1n) is 16.6. The summed E-state index contributed by atoms with van der Waals surface area (Å²) in [5, 5.41) is 19.3. The Morgan fingerprint density at radius 1 is 0.927 bits per heavy atom. The van der Waals surface area contributed by atoms with Crippen molar-refractivity contribution in [2.24, 2.45) is 5.73 Å². The van der Waals surface area contributed by atoms with Crippen LogP contribution in [0, 0.1) is 0 Å². The van der Waals surface area contributed by atoms with Crippen molar-refractivity contribution in [1.82, 2.24) is 15.7 Å². The number of hydrogen-bond acceptors (Lipinski definition) is 14. The molecule has 0 spiro atoms. The smallest absolute Gasteiger partial charge is 0.490 e. The zero-order chi connectivity index (χ0) is 40.4. The van der Waals surface area contributed by atoms with Gasteiger partial charge in [0.15, 0.2) is 23.0 Å². The quantitative estimate of drug-likeness (QED) is 0.0585. The minimum Gasteiger partial charge on any atom is -0.493 e. The van der Waals surface area contributed by atoms with Crippen molar-refractivity contribution in [2.45, 2.75) is 24.7 Å². The Labute approximate surface area is 313 Å². The summed E-state index contributed by atoms with van der Waals surface area (Å²) in [6.07, 6.45) is -2.05. The van der Waals surface area contributed by atoms with Gasteiger partial charge in [0.05, 0.1) is 53.9 Å². The van der Waals surface area contributed by atoms with Crippen molar-refractivity contribution in [3.63, 3.8) is 0 Å². The van der Waals surface area contributed by atoms with E-state index >= 15 is 0 Å². The summed E-state index contributed by atoms with van der Waals surface area (Å²) >= 11 is 0. The number of halogens is 3. The van der Waals surface area contributed by atoms with Crippen LogP contribution in [0.15, 0.2) is 36.4 Å². The second-order valence-corrected chi connectivity index (χ2v) is 11.3. The predicted molar refractivity (Wildman–Crippen MR) is 183 cm³/mol. The van der Waals surface area contributed by atoms with Crippen LogP contribution in [0.1, 0.15) is 22.3 Å². The highest BCUT2D eigenvalue weighted by Gasteiger charge is 2.41. The van der Waals surface area contributed by atoms with Gasteiger partial charge in [0, 0.05) is 30.8 Å². The summed E-state index contributed by atoms with van der Waals surface area (Å²) in [5.74, 6) is -2.60. The maximum atomic E-state index is 13.7. The lowest BCUT2D eigenvalue weighted by atomic mass is 10.1. The van der Waals surface area contributed by atoms with Gasteiger partial charge in [-0.1, -0.05) is 6.07 Å². The Morgan fingerprint density at radius 2 is 1.51 bits per heavy atom. The van der Waals surface area contributed by atoms with E-state index in [1.807, 2.05) is 0 Å². The fourth-order valence-electron chi connectivity index (χ4n) is 5.07. The van der Waals surface area contributed by atoms with E-state index in [-0.39, 0.29) is 55.8 Å². The van der Waals surface area contributed by atoms with Crippen LogP contribution >= 0.6 is 0 Å². The van der Waals surface area contributed by atoms with E-state index in [0.717, 1.165) is 5.56 Å². The number of alkyl halides is 3. The molecular weight excluding hydrogens is 745 g/mol. The molecule has 55 heavy (non-hydrogen) atoms. The number of hydrogen-bond donors (Lipinski definition) is 5. The number of nitrogens with two attached hydrogens (primary N) is 1. The number of aliphatic carboxylic acids is 1. The standard InChI is InChI=1S/C32H42N4O12.C2HF3O2/c1-41-27-16-22(17-28(42-2)30(27)46-14-13-45-12-11-44-10-9-43-8-7-33)32(39)36-19-23(18-24(36)31(38)35-40)34-29(37)6-4-21-3-5-25-26(15-21)48-20-47-25;3-2(4,5)1(6)7/h3-6,15-17,23-24,40H,7-14,18-20,33H2,1-2H3,(H,34,37)(H,35,38);(H,6,7)/b6-4+;/t23-,24+;/m1./s1. The Kier molecular flexibility index (Phi) is 17.7. The van der Waals surface area contributed by atoms with Crippen molar-refractivity contribution >= 4 is 29.8 Å². The molecule has 2 heterocycles. The van der Waals surface area contributed by atoms with Crippen molar-refractivity contribution in [2.75, 3.05) is 80.4 Å². The lowest BCUT2D eigenvalue weighted by molar-refractivity contribution is -0.192. The summed E-state index contributed by atoms with van der Waals surface area (Å²) < 4.78 is 75.4. The zero-order valence-electron chi connectivity index (χ0n) is 29.9. The van der Waals surface area contributed by atoms with Crippen molar-refractivity contribution in [3.8, 4) is 28.7 Å². The van der Waals surface area contributed by atoms with E-state index < -0.39 is 42.0 Å². The highest BCUT2D eigenvalue weighted by Crippen LogP contribution is 2.39. The molecule has 0 saturated carbocycles. The number of amides is 3. The molecule has 304 valence electrons. The average Bonchev–Trinajstić information content (AvgIpc) is 3.82. The van der Waals surface area contributed by atoms with Gasteiger partial charge in [-0.25, -0.2) is 10.3 Å². The molecule has 1 saturated heterocycles. The first-order valence-corrected chi connectivity index (χ1v) is 16.6. The maximum absolute atomic E-state index is 13.7. The maximum Gasteiger partial charge on any atom is 0.490 e. The summed E-state index contributed by atoms with van der Waals surface area (Å²) in [6, 6.07) is 6.58. The fourth-order valence-corrected chi connectivity index (χ4v) is 5.07. The Balaban J connectivity index is 0.00000106. The normalized spacial score (nSPS) is 15.9. The van der Waals surface area contributed by atoms with Gasteiger partial charge in [0.2, 0.25) is 18.4 Å². The largest absolute Gasteiger partial charge is 0.493 e. The van der Waals surface area contributed by atoms with E-state index in [4.69, 9.17) is 53.5 Å². The first kappa shape index (κ1) is 44.0. The number of likely N-dealkylation sites (tertiary alicyclic amines) is 1. The summed E-state index contributed by atoms with van der Waals surface area (Å²) in [4.78, 5) is 49.2. The van der Waals surface area contributed by atoms with Gasteiger partial charge in [0.25, 0.3) is 11.8 Å². The number of fused-ring (bicyclic) bond motifs is 1. The number of carboxylic acids is 1. The molecule has 2 aromatic carbocycles. The number of benzene rings is 2. The third-order valence-corrected chi connectivity index (χ3v) is 7.58. The van der Waals surface area contributed by atoms with E-state index in [9.17, 15) is 32.8 Å². The number of methoxy groups -OCH3 is 2. The molecule has 21 heteroatoms. The molecule has 2 aliphatic rings. The number of rotatable bonds is 19. The molecule has 2 atom stereocenters. The number of hydroxylamine groups is 1. The molecule has 0 unspecified atom stereocenters. The summed E-state index contributed by atoms with van der Waals surface area (Å²) in [7, 11) is 2.84. The Hall–Kier alpha value is -5.35. The van der Waals surface area contributed by atoms with Gasteiger partial charge in [-0.15, -0.1) is 0 Å². The van der Waals surface area contributed by atoms with E-state index in [0.29, 0.717) is 51.1 Å². The average molecular weight is 789 g/mol. The second kappa shape index (κ2) is 22.1. The monoisotopic (exact) mass is 788 g/mol. The minimum atomic E-state index is -5.08. The van der Waals surface area contributed by atoms with Gasteiger partial charge in [-0.05, 0) is 42.3 Å². The van der Waals surface area contributed by atoms with Crippen LogP contribution in [-0.4, -0.2) is 138 Å². The molecule has 0 aliphatic carbocycles. The minimum absolute atomic E-state index is 0.00514. The van der Waals surface area contributed by atoms with Crippen LogP contribution in [-0.2, 0) is 28.6 Å². The highest BCUT2D eigenvalue weighted by molar-refractivity contribution is 5.99. The zero-order valence-corrected chi connectivity index (χ0v) is 29.9. The molecule has 3 amide bonds. The first-order chi connectivity index (χ1) is 26.3. The third-order valence-electron chi connectivity index (χ3n) is 7.58. The van der Waals surface area contributed by atoms with Crippen molar-refractivity contribution < 1.29 is 80.6 Å². The van der Waals surface area contributed by atoms with Crippen molar-refractivity contribution in [3.05, 3.63) is 47.5 Å². The lowest BCUT2D eigenvalue weighted by Gasteiger charge is -2.24. The van der Waals surface area contributed by atoms with Crippen LogP contribution in [0.4, 0.5) is 13.2 Å². The molecule has 6 N–H and O–H groups in total. The highest BCUT2D eigenvalue weighted by atomic mass is 19.4. The number of carboxylic acid groups (broad SMARTS) is 1. The van der Waals surface area contributed by atoms with Crippen LogP contribution in [0.2, 0.25) is 0 Å². The number of nitrogens with zero attached hydrogens (tertiary/aromatic N) is 1. The molecule has 2 aliphatic heterocycles. The van der Waals surface area contributed by atoms with Crippen LogP contribution < -0.4 is 40.2 Å². The Morgan fingerprint density at radius 3 is 2.07 bits per heavy atom. The molecule has 18 nitrogen and oxygen atoms in total. The molecule has 0 radical (unpaired) electrons. The number of carbonyl (C=O) groups is 4. The van der Waals surface area contributed by atoms with Crippen LogP contribution in [0.3, 0.4) is 0 Å². The van der Waals surface area contributed by atoms with Crippen LogP contribution in [0.5, 0.6) is 28.7 Å². The SMILES string of the molecule is COc1cc(C(=O)N2C[C@H](NC(=O)/C=C/c3ccc4c(c3)OCO4)C[C@H]2C(=O)NO)cc(OC)c1OCCOCCOCCOCCN.O=C(O)C(F)(F)F. The van der Waals surface area contributed by atoms with Gasteiger partial charge in [0.1, 0.15) is 12.6 Å². The molecule has 1 fully saturated rings. The summed E-state index contributed by atoms with van der Waals surface area (Å²) in [6.45, 7) is 3.17. The fraction of sp³-hybridized carbons (Fsp3) is 0.471. The topological polar surface area (TPSA) is 236 Å². The second-order valence-electron chi connectivity index (χ2n) is 11.3. The number of carbonyl (C=O) groups excluding carboxylic acids is 3. The number of ether oxygens (including phenoxy) is 8. The van der Waals surface area contributed by atoms with Gasteiger partial charge in [-0.3, -0.25) is 19.6 Å². The van der Waals surface area contributed by atoms with E-state index in [2.05, 4.69) is 5.32 Å². The van der Waals surface area contributed by atoms with Crippen molar-refractivity contribution in [1.29, 1.82) is 0 Å². The van der Waals surface area contributed by atoms with E-state index in [1.54, 1.807) is 29.8 Å². The van der Waals surface area contributed by atoms with Crippen LogP contribution in [0.25, 0.3) is 6.08 Å². The Bertz CT molecular complexity index is 1600. The third kappa shape index (κ3) is 13.8. The predicted octanol–water partition coefficient (Wildman–Crippen LogP) is 1.37. The van der Waals surface area contributed by atoms with Gasteiger partial charge in [-0.2, -0.15) is 13.2 Å². The molecule has 4 rings (SSSR count). The molecule has 0 bridgehead atoms. The molecular formula is C34H43F3N4O14. The van der Waals surface area contributed by atoms with E-state index in [1.165, 1.54) is 37.3 Å². The van der Waals surface area contributed by atoms with Gasteiger partial charge < -0.3 is 59.0 Å².